The second-order valence-corrected chi connectivity index (χ2v) is 7.56. The van der Waals surface area contributed by atoms with Gasteiger partial charge in [0, 0.05) is 27.4 Å². The van der Waals surface area contributed by atoms with Crippen LogP contribution in [0.4, 0.5) is 4.79 Å². The first-order chi connectivity index (χ1) is 11.7. The maximum absolute atomic E-state index is 11.8. The molecule has 0 aromatic rings. The molecule has 0 heterocycles. The number of carbonyl (C=O) groups excluding carboxylic acids is 1. The monoisotopic (exact) mass is 342 g/mol. The van der Waals surface area contributed by atoms with E-state index in [9.17, 15) is 4.79 Å². The normalized spacial score (nSPS) is 30.8. The summed E-state index contributed by atoms with van der Waals surface area (Å²) in [6.45, 7) is 2.70. The molecule has 0 unspecified atom stereocenters. The van der Waals surface area contributed by atoms with Gasteiger partial charge in [0.1, 0.15) is 0 Å². The molecule has 2 rings (SSSR count). The molecule has 0 spiro atoms. The van der Waals surface area contributed by atoms with Crippen LogP contribution in [0.2, 0.25) is 0 Å². The van der Waals surface area contributed by atoms with Crippen molar-refractivity contribution in [3.05, 3.63) is 0 Å². The Balaban J connectivity index is 1.51. The molecule has 0 atom stereocenters. The first-order valence-electron chi connectivity index (χ1n) is 9.48. The highest BCUT2D eigenvalue weighted by Crippen LogP contribution is 2.30. The number of methoxy groups -OCH3 is 2. The second-order valence-electron chi connectivity index (χ2n) is 7.56. The maximum Gasteiger partial charge on any atom is 0.508 e. The molecular formula is C19H34O5. The topological polar surface area (TPSA) is 54.0 Å². The van der Waals surface area contributed by atoms with E-state index < -0.39 is 6.16 Å². The summed E-state index contributed by atoms with van der Waals surface area (Å²) in [6, 6.07) is 0. The van der Waals surface area contributed by atoms with Gasteiger partial charge >= 0.3 is 6.16 Å². The maximum atomic E-state index is 11.8. The van der Waals surface area contributed by atoms with Gasteiger partial charge < -0.3 is 18.9 Å². The van der Waals surface area contributed by atoms with Crippen LogP contribution >= 0.6 is 0 Å². The van der Waals surface area contributed by atoms with Gasteiger partial charge in [-0.2, -0.15) is 0 Å². The number of hydrogen-bond acceptors (Lipinski definition) is 5. The number of carbonyl (C=O) groups is 1. The molecule has 0 aromatic heterocycles. The fourth-order valence-electron chi connectivity index (χ4n) is 4.01. The van der Waals surface area contributed by atoms with Crippen molar-refractivity contribution in [2.24, 2.45) is 23.7 Å². The molecule has 24 heavy (non-hydrogen) atoms. The van der Waals surface area contributed by atoms with Gasteiger partial charge in [-0.25, -0.2) is 4.79 Å². The first-order valence-corrected chi connectivity index (χ1v) is 9.48. The van der Waals surface area contributed by atoms with Crippen LogP contribution in [0.15, 0.2) is 0 Å². The molecule has 0 aromatic carbocycles. The summed E-state index contributed by atoms with van der Waals surface area (Å²) in [5.74, 6) is 2.31. The third-order valence-electron chi connectivity index (χ3n) is 5.61. The summed E-state index contributed by atoms with van der Waals surface area (Å²) in [7, 11) is 3.52. The van der Waals surface area contributed by atoms with Crippen LogP contribution in [0, 0.1) is 23.7 Å². The summed E-state index contributed by atoms with van der Waals surface area (Å²) in [5, 5.41) is 0. The fraction of sp³-hybridized carbons (Fsp3) is 0.947. The Morgan fingerprint density at radius 3 is 1.21 bits per heavy atom. The van der Waals surface area contributed by atoms with E-state index >= 15 is 0 Å². The lowest BCUT2D eigenvalue weighted by molar-refractivity contribution is 0.0188. The van der Waals surface area contributed by atoms with Gasteiger partial charge in [-0.3, -0.25) is 0 Å². The minimum absolute atomic E-state index is 0.482. The summed E-state index contributed by atoms with van der Waals surface area (Å²) in [5.41, 5.74) is 0. The standard InChI is InChI=1S/C19H34O5/c1-21-11-15-3-7-17(8-4-15)13-23-19(20)24-14-18-9-5-16(6-10-18)12-22-2/h15-18H,3-14H2,1-2H3. The molecule has 5 nitrogen and oxygen atoms in total. The van der Waals surface area contributed by atoms with Gasteiger partial charge in [0.2, 0.25) is 0 Å². The Hall–Kier alpha value is -0.810. The molecule has 0 amide bonds. The zero-order chi connectivity index (χ0) is 17.2. The van der Waals surface area contributed by atoms with Crippen molar-refractivity contribution in [1.29, 1.82) is 0 Å². The lowest BCUT2D eigenvalue weighted by atomic mass is 9.83. The molecule has 0 bridgehead atoms. The van der Waals surface area contributed by atoms with Gasteiger partial charge in [-0.1, -0.05) is 0 Å². The predicted molar refractivity (Wildman–Crippen MR) is 91.9 cm³/mol. The van der Waals surface area contributed by atoms with E-state index in [1.54, 1.807) is 14.2 Å². The average Bonchev–Trinajstić information content (AvgIpc) is 2.61. The van der Waals surface area contributed by atoms with Crippen LogP contribution in [-0.4, -0.2) is 46.8 Å². The summed E-state index contributed by atoms with van der Waals surface area (Å²) in [6.07, 6.45) is 8.64. The smallest absolute Gasteiger partial charge is 0.434 e. The Labute approximate surface area is 146 Å². The zero-order valence-corrected chi connectivity index (χ0v) is 15.3. The molecule has 0 radical (unpaired) electrons. The number of rotatable bonds is 8. The quantitative estimate of drug-likeness (QED) is 0.623. The van der Waals surface area contributed by atoms with Gasteiger partial charge in [-0.15, -0.1) is 0 Å². The molecule has 140 valence electrons. The Morgan fingerprint density at radius 1 is 0.625 bits per heavy atom. The molecule has 2 aliphatic carbocycles. The van der Waals surface area contributed by atoms with Crippen molar-refractivity contribution in [2.75, 3.05) is 40.6 Å². The molecule has 2 aliphatic rings. The van der Waals surface area contributed by atoms with Crippen LogP contribution in [0.25, 0.3) is 0 Å². The lowest BCUT2D eigenvalue weighted by Gasteiger charge is -2.28. The molecule has 2 saturated carbocycles. The molecule has 2 fully saturated rings. The van der Waals surface area contributed by atoms with Crippen LogP contribution in [0.3, 0.4) is 0 Å². The van der Waals surface area contributed by atoms with Crippen LogP contribution < -0.4 is 0 Å². The Bertz CT molecular complexity index is 312. The van der Waals surface area contributed by atoms with E-state index in [2.05, 4.69) is 0 Å². The van der Waals surface area contributed by atoms with Gasteiger partial charge in [0.25, 0.3) is 0 Å². The van der Waals surface area contributed by atoms with E-state index in [1.165, 1.54) is 25.7 Å². The van der Waals surface area contributed by atoms with E-state index in [-0.39, 0.29) is 0 Å². The third kappa shape index (κ3) is 6.98. The molecule has 0 N–H and O–H groups in total. The van der Waals surface area contributed by atoms with Crippen LogP contribution in [-0.2, 0) is 18.9 Å². The summed E-state index contributed by atoms with van der Waals surface area (Å²) >= 11 is 0. The van der Waals surface area contributed by atoms with Crippen molar-refractivity contribution in [3.8, 4) is 0 Å². The van der Waals surface area contributed by atoms with Crippen molar-refractivity contribution in [2.45, 2.75) is 51.4 Å². The molecule has 0 aliphatic heterocycles. The van der Waals surface area contributed by atoms with Crippen LogP contribution in [0.5, 0.6) is 0 Å². The predicted octanol–water partition coefficient (Wildman–Crippen LogP) is 4.05. The lowest BCUT2D eigenvalue weighted by Crippen LogP contribution is -2.25. The van der Waals surface area contributed by atoms with Crippen molar-refractivity contribution < 1.29 is 23.7 Å². The second kappa shape index (κ2) is 10.9. The third-order valence-corrected chi connectivity index (χ3v) is 5.61. The van der Waals surface area contributed by atoms with E-state index in [1.807, 2.05) is 0 Å². The van der Waals surface area contributed by atoms with Gasteiger partial charge in [0.05, 0.1) is 13.2 Å². The summed E-state index contributed by atoms with van der Waals surface area (Å²) in [4.78, 5) is 11.8. The van der Waals surface area contributed by atoms with E-state index in [0.29, 0.717) is 36.9 Å². The highest BCUT2D eigenvalue weighted by molar-refractivity contribution is 5.59. The highest BCUT2D eigenvalue weighted by Gasteiger charge is 2.24. The van der Waals surface area contributed by atoms with Crippen molar-refractivity contribution in [1.82, 2.24) is 0 Å². The minimum atomic E-state index is -0.493. The Morgan fingerprint density at radius 2 is 0.917 bits per heavy atom. The average molecular weight is 342 g/mol. The SMILES string of the molecule is COCC1CCC(COC(=O)OCC2CCC(COC)CC2)CC1. The zero-order valence-electron chi connectivity index (χ0n) is 15.3. The largest absolute Gasteiger partial charge is 0.508 e. The van der Waals surface area contributed by atoms with Crippen molar-refractivity contribution >= 4 is 6.16 Å². The number of ether oxygens (including phenoxy) is 4. The minimum Gasteiger partial charge on any atom is -0.434 e. The molecule has 5 heteroatoms. The Kier molecular flexibility index (Phi) is 8.89. The number of hydrogen-bond donors (Lipinski definition) is 0. The summed E-state index contributed by atoms with van der Waals surface area (Å²) < 4.78 is 21.1. The van der Waals surface area contributed by atoms with E-state index in [4.69, 9.17) is 18.9 Å². The van der Waals surface area contributed by atoms with E-state index in [0.717, 1.165) is 38.9 Å². The molecular weight excluding hydrogens is 308 g/mol. The highest BCUT2D eigenvalue weighted by atomic mass is 16.7. The van der Waals surface area contributed by atoms with Gasteiger partial charge in [-0.05, 0) is 75.0 Å². The first kappa shape index (κ1) is 19.5. The van der Waals surface area contributed by atoms with Crippen molar-refractivity contribution in [3.63, 3.8) is 0 Å². The van der Waals surface area contributed by atoms with Gasteiger partial charge in [0.15, 0.2) is 0 Å². The fourth-order valence-corrected chi connectivity index (χ4v) is 4.01. The molecule has 0 saturated heterocycles. The van der Waals surface area contributed by atoms with Crippen LogP contribution in [0.1, 0.15) is 51.4 Å².